The number of ether oxygens (including phenoxy) is 1. The van der Waals surface area contributed by atoms with Crippen LogP contribution < -0.4 is 10.2 Å². The van der Waals surface area contributed by atoms with Crippen molar-refractivity contribution in [1.29, 1.82) is 0 Å². The van der Waals surface area contributed by atoms with Gasteiger partial charge in [0.25, 0.3) is 5.91 Å². The molecule has 0 heterocycles. The highest BCUT2D eigenvalue weighted by molar-refractivity contribution is 6.33. The predicted octanol–water partition coefficient (Wildman–Crippen LogP) is 3.75. The lowest BCUT2D eigenvalue weighted by Gasteiger charge is -2.16. The summed E-state index contributed by atoms with van der Waals surface area (Å²) in [5.41, 5.74) is 5.90. The van der Waals surface area contributed by atoms with Gasteiger partial charge in [-0.2, -0.15) is 5.10 Å². The second kappa shape index (κ2) is 7.97. The summed E-state index contributed by atoms with van der Waals surface area (Å²) in [5, 5.41) is 4.48. The van der Waals surface area contributed by atoms with Crippen LogP contribution in [0.4, 0.5) is 0 Å². The van der Waals surface area contributed by atoms with Gasteiger partial charge in [0.05, 0.1) is 6.21 Å². The van der Waals surface area contributed by atoms with Crippen LogP contribution in [-0.2, 0) is 17.6 Å². The molecule has 2 aromatic carbocycles. The molecule has 0 aromatic heterocycles. The topological polar surface area (TPSA) is 50.7 Å². The molecule has 0 saturated heterocycles. The summed E-state index contributed by atoms with van der Waals surface area (Å²) in [6, 6.07) is 13.3. The summed E-state index contributed by atoms with van der Waals surface area (Å²) in [7, 11) is 0. The quantitative estimate of drug-likeness (QED) is 0.664. The lowest BCUT2D eigenvalue weighted by molar-refractivity contribution is -0.123. The van der Waals surface area contributed by atoms with Gasteiger partial charge in [-0.1, -0.05) is 35.9 Å². The molecular weight excluding hydrogens is 324 g/mol. The van der Waals surface area contributed by atoms with Gasteiger partial charge in [-0.25, -0.2) is 5.43 Å². The van der Waals surface area contributed by atoms with Crippen molar-refractivity contribution >= 4 is 23.7 Å². The zero-order valence-corrected chi connectivity index (χ0v) is 14.1. The first kappa shape index (κ1) is 16.5. The van der Waals surface area contributed by atoms with E-state index in [9.17, 15) is 4.79 Å². The molecule has 0 atom stereocenters. The van der Waals surface area contributed by atoms with Crippen molar-refractivity contribution in [2.24, 2.45) is 5.10 Å². The number of rotatable bonds is 5. The number of nitrogens with zero attached hydrogens (tertiary/aromatic N) is 1. The Kier molecular flexibility index (Phi) is 5.49. The molecule has 2 aromatic rings. The number of carbonyl (C=O) groups is 1. The number of nitrogens with one attached hydrogen (secondary N) is 1. The Morgan fingerprint density at radius 2 is 1.96 bits per heavy atom. The van der Waals surface area contributed by atoms with Crippen molar-refractivity contribution < 1.29 is 9.53 Å². The molecule has 24 heavy (non-hydrogen) atoms. The van der Waals surface area contributed by atoms with Crippen molar-refractivity contribution in [3.8, 4) is 5.75 Å². The summed E-state index contributed by atoms with van der Waals surface area (Å²) < 4.78 is 5.55. The van der Waals surface area contributed by atoms with Crippen LogP contribution in [0.2, 0.25) is 5.02 Å². The van der Waals surface area contributed by atoms with Crippen LogP contribution in [0.3, 0.4) is 0 Å². The molecule has 0 fully saturated rings. The van der Waals surface area contributed by atoms with E-state index in [1.807, 2.05) is 30.3 Å². The van der Waals surface area contributed by atoms with Crippen LogP contribution >= 0.6 is 11.6 Å². The Morgan fingerprint density at radius 1 is 1.17 bits per heavy atom. The number of carbonyl (C=O) groups excluding carboxylic acids is 1. The highest BCUT2D eigenvalue weighted by Gasteiger charge is 2.10. The van der Waals surface area contributed by atoms with E-state index in [-0.39, 0.29) is 12.5 Å². The molecule has 5 heteroatoms. The first-order valence-corrected chi connectivity index (χ1v) is 8.41. The summed E-state index contributed by atoms with van der Waals surface area (Å²) in [4.78, 5) is 11.8. The number of halogens is 1. The lowest BCUT2D eigenvalue weighted by atomic mass is 9.92. The molecule has 0 saturated carbocycles. The van der Waals surface area contributed by atoms with E-state index in [2.05, 4.69) is 16.6 Å². The molecule has 0 unspecified atom stereocenters. The van der Waals surface area contributed by atoms with E-state index in [1.54, 1.807) is 6.07 Å². The molecule has 1 amide bonds. The van der Waals surface area contributed by atoms with E-state index in [1.165, 1.54) is 30.2 Å². The average Bonchev–Trinajstić information content (AvgIpc) is 2.61. The number of aryl methyl sites for hydroxylation is 2. The predicted molar refractivity (Wildman–Crippen MR) is 95.8 cm³/mol. The second-order valence-electron chi connectivity index (χ2n) is 5.74. The van der Waals surface area contributed by atoms with Crippen molar-refractivity contribution in [3.63, 3.8) is 0 Å². The van der Waals surface area contributed by atoms with Gasteiger partial charge in [0.2, 0.25) is 0 Å². The monoisotopic (exact) mass is 342 g/mol. The van der Waals surface area contributed by atoms with Gasteiger partial charge in [-0.3, -0.25) is 4.79 Å². The Balaban J connectivity index is 1.50. The maximum Gasteiger partial charge on any atom is 0.277 e. The minimum absolute atomic E-state index is 0.0708. The van der Waals surface area contributed by atoms with E-state index >= 15 is 0 Å². The molecule has 1 aliphatic carbocycles. The molecule has 0 bridgehead atoms. The number of fused-ring (bicyclic) bond motifs is 1. The van der Waals surface area contributed by atoms with Gasteiger partial charge in [0.1, 0.15) is 5.75 Å². The van der Waals surface area contributed by atoms with Gasteiger partial charge >= 0.3 is 0 Å². The summed E-state index contributed by atoms with van der Waals surface area (Å²) >= 11 is 6.01. The molecule has 0 aliphatic heterocycles. The van der Waals surface area contributed by atoms with E-state index in [0.29, 0.717) is 5.02 Å². The van der Waals surface area contributed by atoms with Crippen molar-refractivity contribution in [2.75, 3.05) is 6.61 Å². The van der Waals surface area contributed by atoms with Gasteiger partial charge in [0, 0.05) is 10.6 Å². The standard InChI is InChI=1S/C19H19ClN2O2/c20-18-8-4-3-7-16(18)12-21-22-19(23)13-24-17-10-9-14-5-1-2-6-15(14)11-17/h3-4,7-12H,1-2,5-6,13H2,(H,22,23)/b21-12+. The molecular formula is C19H19ClN2O2. The highest BCUT2D eigenvalue weighted by Crippen LogP contribution is 2.25. The maximum atomic E-state index is 11.8. The fraction of sp³-hybridized carbons (Fsp3) is 0.263. The summed E-state index contributed by atoms with van der Waals surface area (Å²) in [6.45, 7) is -0.0708. The van der Waals surface area contributed by atoms with Crippen LogP contribution in [0.1, 0.15) is 29.5 Å². The Hall–Kier alpha value is -2.33. The smallest absolute Gasteiger partial charge is 0.277 e. The highest BCUT2D eigenvalue weighted by atomic mass is 35.5. The summed E-state index contributed by atoms with van der Waals surface area (Å²) in [5.74, 6) is 0.414. The Labute approximate surface area is 146 Å². The number of benzene rings is 2. The summed E-state index contributed by atoms with van der Waals surface area (Å²) in [6.07, 6.45) is 6.19. The van der Waals surface area contributed by atoms with Crippen molar-refractivity contribution in [2.45, 2.75) is 25.7 Å². The molecule has 124 valence electrons. The van der Waals surface area contributed by atoms with Crippen LogP contribution in [-0.4, -0.2) is 18.7 Å². The largest absolute Gasteiger partial charge is 0.484 e. The lowest BCUT2D eigenvalue weighted by Crippen LogP contribution is -2.24. The molecule has 0 spiro atoms. The minimum atomic E-state index is -0.309. The Bertz CT molecular complexity index is 759. The molecule has 4 nitrogen and oxygen atoms in total. The number of amides is 1. The third-order valence-corrected chi connectivity index (χ3v) is 4.33. The zero-order valence-electron chi connectivity index (χ0n) is 13.3. The number of hydrogen-bond donors (Lipinski definition) is 1. The van der Waals surface area contributed by atoms with Crippen molar-refractivity contribution in [1.82, 2.24) is 5.43 Å². The minimum Gasteiger partial charge on any atom is -0.484 e. The number of hydrazone groups is 1. The first-order valence-electron chi connectivity index (χ1n) is 8.03. The van der Waals surface area contributed by atoms with Gasteiger partial charge in [-0.05, 0) is 55.0 Å². The van der Waals surface area contributed by atoms with Gasteiger partial charge in [0.15, 0.2) is 6.61 Å². The van der Waals surface area contributed by atoms with E-state index in [4.69, 9.17) is 16.3 Å². The first-order chi connectivity index (χ1) is 11.7. The third-order valence-electron chi connectivity index (χ3n) is 3.99. The second-order valence-corrected chi connectivity index (χ2v) is 6.15. The van der Waals surface area contributed by atoms with E-state index < -0.39 is 0 Å². The molecule has 3 rings (SSSR count). The maximum absolute atomic E-state index is 11.8. The van der Waals surface area contributed by atoms with Gasteiger partial charge < -0.3 is 4.74 Å². The van der Waals surface area contributed by atoms with Crippen molar-refractivity contribution in [3.05, 3.63) is 64.2 Å². The van der Waals surface area contributed by atoms with E-state index in [0.717, 1.165) is 24.2 Å². The number of hydrogen-bond acceptors (Lipinski definition) is 3. The van der Waals surface area contributed by atoms with Gasteiger partial charge in [-0.15, -0.1) is 0 Å². The molecule has 1 aliphatic rings. The zero-order chi connectivity index (χ0) is 16.8. The van der Waals surface area contributed by atoms with Crippen LogP contribution in [0.5, 0.6) is 5.75 Å². The molecule has 0 radical (unpaired) electrons. The Morgan fingerprint density at radius 3 is 2.79 bits per heavy atom. The van der Waals surface area contributed by atoms with Crippen LogP contribution in [0.25, 0.3) is 0 Å². The molecule has 1 N–H and O–H groups in total. The average molecular weight is 343 g/mol. The third kappa shape index (κ3) is 4.36. The normalized spacial score (nSPS) is 13.5. The van der Waals surface area contributed by atoms with Crippen LogP contribution in [0.15, 0.2) is 47.6 Å². The SMILES string of the molecule is O=C(COc1ccc2c(c1)CCCC2)N/N=C/c1ccccc1Cl. The van der Waals surface area contributed by atoms with Crippen LogP contribution in [0, 0.1) is 0 Å². The fourth-order valence-corrected chi connectivity index (χ4v) is 2.92. The fourth-order valence-electron chi connectivity index (χ4n) is 2.73.